The third-order valence-electron chi connectivity index (χ3n) is 6.40. The Labute approximate surface area is 150 Å². The van der Waals surface area contributed by atoms with Crippen LogP contribution in [0.4, 0.5) is 0 Å². The van der Waals surface area contributed by atoms with Crippen molar-refractivity contribution in [1.29, 1.82) is 0 Å². The molecule has 1 saturated heterocycles. The molecule has 1 N–H and O–H groups in total. The van der Waals surface area contributed by atoms with Crippen molar-refractivity contribution in [2.24, 2.45) is 11.8 Å². The van der Waals surface area contributed by atoms with Gasteiger partial charge in [-0.3, -0.25) is 9.59 Å². The van der Waals surface area contributed by atoms with Crippen molar-refractivity contribution >= 4 is 11.8 Å². The Morgan fingerprint density at radius 2 is 1.68 bits per heavy atom. The van der Waals surface area contributed by atoms with Crippen LogP contribution in [0.25, 0.3) is 0 Å². The number of nitrogens with one attached hydrogen (secondary N) is 1. The summed E-state index contributed by atoms with van der Waals surface area (Å²) in [7, 11) is 0. The van der Waals surface area contributed by atoms with Crippen molar-refractivity contribution in [3.63, 3.8) is 0 Å². The lowest BCUT2D eigenvalue weighted by atomic mass is 9.64. The number of amides is 2. The van der Waals surface area contributed by atoms with Crippen LogP contribution >= 0.6 is 0 Å². The Kier molecular flexibility index (Phi) is 4.53. The number of benzene rings is 1. The number of likely N-dealkylation sites (tertiary alicyclic amines) is 1. The monoisotopic (exact) mass is 340 g/mol. The molecule has 4 rings (SSSR count). The molecule has 0 spiro atoms. The standard InChI is InChI=1S/C21H28N2O2/c24-19(16-9-13-23(14-10-16)20(25)17-7-8-17)22-15-21(11-4-12-21)18-5-2-1-3-6-18/h1-3,5-6,16-17H,4,7-15H2,(H,22,24). The van der Waals surface area contributed by atoms with Crippen LogP contribution in [-0.2, 0) is 15.0 Å². The molecule has 4 nitrogen and oxygen atoms in total. The molecule has 1 aromatic rings. The van der Waals surface area contributed by atoms with Gasteiger partial charge in [0.25, 0.3) is 0 Å². The molecule has 2 saturated carbocycles. The molecule has 0 atom stereocenters. The first-order chi connectivity index (χ1) is 12.2. The van der Waals surface area contributed by atoms with Gasteiger partial charge in [-0.05, 0) is 44.1 Å². The van der Waals surface area contributed by atoms with Crippen LogP contribution in [0, 0.1) is 11.8 Å². The number of hydrogen-bond donors (Lipinski definition) is 1. The number of nitrogens with zero attached hydrogens (tertiary/aromatic N) is 1. The van der Waals surface area contributed by atoms with E-state index in [4.69, 9.17) is 0 Å². The minimum atomic E-state index is 0.0659. The molecule has 25 heavy (non-hydrogen) atoms. The average molecular weight is 340 g/mol. The SMILES string of the molecule is O=C(NCC1(c2ccccc2)CCC1)C1CCN(C(=O)C2CC2)CC1. The molecule has 3 fully saturated rings. The minimum absolute atomic E-state index is 0.0659. The highest BCUT2D eigenvalue weighted by Gasteiger charge is 2.40. The second-order valence-electron chi connectivity index (χ2n) is 8.09. The quantitative estimate of drug-likeness (QED) is 0.896. The Bertz CT molecular complexity index is 627. The molecule has 2 amide bonds. The third kappa shape index (κ3) is 3.44. The molecular formula is C21H28N2O2. The fourth-order valence-electron chi connectivity index (χ4n) is 4.31. The van der Waals surface area contributed by atoms with E-state index in [0.29, 0.717) is 5.91 Å². The van der Waals surface area contributed by atoms with Crippen LogP contribution in [0.2, 0.25) is 0 Å². The summed E-state index contributed by atoms with van der Waals surface area (Å²) in [5, 5.41) is 3.23. The molecule has 134 valence electrons. The van der Waals surface area contributed by atoms with Crippen molar-refractivity contribution in [3.8, 4) is 0 Å². The molecule has 1 aliphatic heterocycles. The normalized spacial score (nSPS) is 23.0. The highest BCUT2D eigenvalue weighted by molar-refractivity contribution is 5.82. The second kappa shape index (κ2) is 6.81. The lowest BCUT2D eigenvalue weighted by Crippen LogP contribution is -2.49. The zero-order chi connectivity index (χ0) is 17.3. The summed E-state index contributed by atoms with van der Waals surface area (Å²) < 4.78 is 0. The third-order valence-corrected chi connectivity index (χ3v) is 6.40. The summed E-state index contributed by atoms with van der Waals surface area (Å²) in [6.07, 6.45) is 7.29. The van der Waals surface area contributed by atoms with Crippen LogP contribution in [0.5, 0.6) is 0 Å². The van der Waals surface area contributed by atoms with Crippen molar-refractivity contribution in [2.75, 3.05) is 19.6 Å². The lowest BCUT2D eigenvalue weighted by Gasteiger charge is -2.43. The van der Waals surface area contributed by atoms with Gasteiger partial charge in [0.05, 0.1) is 0 Å². The Morgan fingerprint density at radius 1 is 1.00 bits per heavy atom. The van der Waals surface area contributed by atoms with Gasteiger partial charge in [-0.25, -0.2) is 0 Å². The van der Waals surface area contributed by atoms with E-state index in [1.165, 1.54) is 12.0 Å². The summed E-state index contributed by atoms with van der Waals surface area (Å²) in [5.74, 6) is 0.850. The summed E-state index contributed by atoms with van der Waals surface area (Å²) >= 11 is 0. The highest BCUT2D eigenvalue weighted by atomic mass is 16.2. The molecule has 0 radical (unpaired) electrons. The van der Waals surface area contributed by atoms with E-state index in [1.54, 1.807) is 0 Å². The molecule has 0 bridgehead atoms. The number of rotatable bonds is 5. The number of carbonyl (C=O) groups excluding carboxylic acids is 2. The van der Waals surface area contributed by atoms with E-state index in [2.05, 4.69) is 29.6 Å². The first kappa shape index (κ1) is 16.6. The Morgan fingerprint density at radius 3 is 2.24 bits per heavy atom. The lowest BCUT2D eigenvalue weighted by molar-refractivity contribution is -0.136. The van der Waals surface area contributed by atoms with E-state index in [9.17, 15) is 9.59 Å². The zero-order valence-corrected chi connectivity index (χ0v) is 14.9. The van der Waals surface area contributed by atoms with Crippen LogP contribution in [0.3, 0.4) is 0 Å². The van der Waals surface area contributed by atoms with Gasteiger partial charge in [0.1, 0.15) is 0 Å². The maximum Gasteiger partial charge on any atom is 0.225 e. The minimum Gasteiger partial charge on any atom is -0.355 e. The number of piperidine rings is 1. The predicted molar refractivity (Wildman–Crippen MR) is 97.0 cm³/mol. The van der Waals surface area contributed by atoms with Gasteiger partial charge in [-0.15, -0.1) is 0 Å². The zero-order valence-electron chi connectivity index (χ0n) is 14.9. The number of hydrogen-bond acceptors (Lipinski definition) is 2. The molecule has 2 aliphatic carbocycles. The summed E-state index contributed by atoms with van der Waals surface area (Å²) in [4.78, 5) is 26.7. The smallest absolute Gasteiger partial charge is 0.225 e. The molecule has 3 aliphatic rings. The first-order valence-corrected chi connectivity index (χ1v) is 9.80. The van der Waals surface area contributed by atoms with Crippen molar-refractivity contribution in [3.05, 3.63) is 35.9 Å². The Hall–Kier alpha value is -1.84. The maximum absolute atomic E-state index is 12.6. The highest BCUT2D eigenvalue weighted by Crippen LogP contribution is 2.43. The average Bonchev–Trinajstić information content (AvgIpc) is 3.46. The summed E-state index contributed by atoms with van der Waals surface area (Å²) in [5.41, 5.74) is 1.49. The first-order valence-electron chi connectivity index (χ1n) is 9.80. The number of carbonyl (C=O) groups is 2. The van der Waals surface area contributed by atoms with Gasteiger partial charge < -0.3 is 10.2 Å². The topological polar surface area (TPSA) is 49.4 Å². The van der Waals surface area contributed by atoms with Crippen LogP contribution < -0.4 is 5.32 Å². The van der Waals surface area contributed by atoms with Gasteiger partial charge in [-0.2, -0.15) is 0 Å². The van der Waals surface area contributed by atoms with Crippen molar-refractivity contribution < 1.29 is 9.59 Å². The van der Waals surface area contributed by atoms with Gasteiger partial charge in [0, 0.05) is 36.9 Å². The molecule has 0 unspecified atom stereocenters. The second-order valence-corrected chi connectivity index (χ2v) is 8.09. The Balaban J connectivity index is 1.28. The molecule has 4 heteroatoms. The van der Waals surface area contributed by atoms with Gasteiger partial charge >= 0.3 is 0 Å². The van der Waals surface area contributed by atoms with E-state index in [1.807, 2.05) is 11.0 Å². The predicted octanol–water partition coefficient (Wildman–Crippen LogP) is 2.87. The maximum atomic E-state index is 12.6. The van der Waals surface area contributed by atoms with Gasteiger partial charge in [0.2, 0.25) is 11.8 Å². The van der Waals surface area contributed by atoms with Crippen LogP contribution in [-0.4, -0.2) is 36.3 Å². The van der Waals surface area contributed by atoms with E-state index in [0.717, 1.165) is 58.2 Å². The van der Waals surface area contributed by atoms with Crippen molar-refractivity contribution in [1.82, 2.24) is 10.2 Å². The van der Waals surface area contributed by atoms with Crippen LogP contribution in [0.1, 0.15) is 50.5 Å². The largest absolute Gasteiger partial charge is 0.355 e. The molecule has 1 heterocycles. The van der Waals surface area contributed by atoms with Crippen LogP contribution in [0.15, 0.2) is 30.3 Å². The molecule has 1 aromatic carbocycles. The van der Waals surface area contributed by atoms with Crippen molar-refractivity contribution in [2.45, 2.75) is 50.4 Å². The van der Waals surface area contributed by atoms with Gasteiger partial charge in [-0.1, -0.05) is 36.8 Å². The summed E-state index contributed by atoms with van der Waals surface area (Å²) in [6.45, 7) is 2.24. The van der Waals surface area contributed by atoms with E-state index < -0.39 is 0 Å². The van der Waals surface area contributed by atoms with E-state index >= 15 is 0 Å². The molecule has 0 aromatic heterocycles. The fraction of sp³-hybridized carbons (Fsp3) is 0.619. The summed E-state index contributed by atoms with van der Waals surface area (Å²) in [6, 6.07) is 10.6. The fourth-order valence-corrected chi connectivity index (χ4v) is 4.31. The van der Waals surface area contributed by atoms with E-state index in [-0.39, 0.29) is 23.2 Å². The molecular weight excluding hydrogens is 312 g/mol. The van der Waals surface area contributed by atoms with Gasteiger partial charge in [0.15, 0.2) is 0 Å².